The van der Waals surface area contributed by atoms with Crippen LogP contribution in [0.4, 0.5) is 0 Å². The lowest BCUT2D eigenvalue weighted by atomic mass is 10.0. The molecule has 0 bridgehead atoms. The molecule has 3 aliphatic rings. The summed E-state index contributed by atoms with van der Waals surface area (Å²) in [6, 6.07) is 14.1. The highest BCUT2D eigenvalue weighted by Crippen LogP contribution is 2.31. The number of likely N-dealkylation sites (N-methyl/N-ethyl adjacent to an activating group) is 1. The molecule has 2 aromatic carbocycles. The maximum absolute atomic E-state index is 13.3. The van der Waals surface area contributed by atoms with Crippen LogP contribution in [0.3, 0.4) is 0 Å². The summed E-state index contributed by atoms with van der Waals surface area (Å²) in [7, 11) is 2.07. The van der Waals surface area contributed by atoms with Gasteiger partial charge in [-0.2, -0.15) is 0 Å². The van der Waals surface area contributed by atoms with Gasteiger partial charge in [0.25, 0.3) is 5.91 Å². The van der Waals surface area contributed by atoms with Gasteiger partial charge in [0.15, 0.2) is 0 Å². The van der Waals surface area contributed by atoms with Crippen LogP contribution >= 0.6 is 0 Å². The summed E-state index contributed by atoms with van der Waals surface area (Å²) in [5, 5.41) is 5.93. The molecule has 2 N–H and O–H groups in total. The predicted octanol–water partition coefficient (Wildman–Crippen LogP) is 1.72. The van der Waals surface area contributed by atoms with Gasteiger partial charge in [0, 0.05) is 44.2 Å². The van der Waals surface area contributed by atoms with Crippen molar-refractivity contribution in [2.24, 2.45) is 0 Å². The second kappa shape index (κ2) is 7.90. The quantitative estimate of drug-likeness (QED) is 0.723. The van der Waals surface area contributed by atoms with Crippen LogP contribution in [-0.2, 0) is 29.2 Å². The Kier molecular flexibility index (Phi) is 5.08. The lowest BCUT2D eigenvalue weighted by Crippen LogP contribution is -2.52. The maximum atomic E-state index is 13.3. The summed E-state index contributed by atoms with van der Waals surface area (Å²) in [5.74, 6) is -0.755. The molecular formula is C24H26N4O3. The molecule has 0 saturated carbocycles. The number of benzene rings is 2. The van der Waals surface area contributed by atoms with Crippen LogP contribution in [0.5, 0.6) is 0 Å². The van der Waals surface area contributed by atoms with Crippen molar-refractivity contribution in [3.8, 4) is 0 Å². The molecule has 2 unspecified atom stereocenters. The SMILES string of the molecule is CN(Cc1cccc2c1C(=O)N(C1CCC(=O)NC1=O)C2)CC1NCc2ccccc21. The number of imide groups is 1. The van der Waals surface area contributed by atoms with Crippen LogP contribution in [0, 0.1) is 0 Å². The van der Waals surface area contributed by atoms with Gasteiger partial charge in [-0.05, 0) is 35.7 Å². The van der Waals surface area contributed by atoms with E-state index in [2.05, 4.69) is 46.8 Å². The molecular weight excluding hydrogens is 392 g/mol. The van der Waals surface area contributed by atoms with Crippen molar-refractivity contribution in [1.29, 1.82) is 0 Å². The molecule has 7 heteroatoms. The minimum Gasteiger partial charge on any atom is -0.322 e. The number of piperidine rings is 1. The molecule has 1 saturated heterocycles. The summed E-state index contributed by atoms with van der Waals surface area (Å²) in [6.07, 6.45) is 0.647. The molecule has 7 nitrogen and oxygen atoms in total. The summed E-state index contributed by atoms with van der Waals surface area (Å²) in [5.41, 5.74) is 5.32. The van der Waals surface area contributed by atoms with Crippen LogP contribution in [0.2, 0.25) is 0 Å². The molecule has 5 rings (SSSR count). The molecule has 3 aliphatic heterocycles. The van der Waals surface area contributed by atoms with Gasteiger partial charge >= 0.3 is 0 Å². The first kappa shape index (κ1) is 19.9. The first-order valence-electron chi connectivity index (χ1n) is 10.8. The van der Waals surface area contributed by atoms with Gasteiger partial charge in [-0.3, -0.25) is 19.7 Å². The first-order chi connectivity index (χ1) is 15.0. The van der Waals surface area contributed by atoms with Crippen LogP contribution in [0.25, 0.3) is 0 Å². The molecule has 1 fully saturated rings. The van der Waals surface area contributed by atoms with E-state index < -0.39 is 6.04 Å². The highest BCUT2D eigenvalue weighted by molar-refractivity contribution is 6.05. The number of hydrogen-bond acceptors (Lipinski definition) is 5. The average Bonchev–Trinajstić information content (AvgIpc) is 3.30. The van der Waals surface area contributed by atoms with E-state index in [9.17, 15) is 14.4 Å². The van der Waals surface area contributed by atoms with Crippen LogP contribution in [-0.4, -0.2) is 47.2 Å². The highest BCUT2D eigenvalue weighted by atomic mass is 16.2. The van der Waals surface area contributed by atoms with Crippen LogP contribution in [0.15, 0.2) is 42.5 Å². The van der Waals surface area contributed by atoms with E-state index in [1.54, 1.807) is 4.90 Å². The summed E-state index contributed by atoms with van der Waals surface area (Å²) in [4.78, 5) is 40.9. The average molecular weight is 418 g/mol. The number of nitrogens with one attached hydrogen (secondary N) is 2. The third-order valence-electron chi connectivity index (χ3n) is 6.54. The van der Waals surface area contributed by atoms with Gasteiger partial charge in [-0.25, -0.2) is 0 Å². The zero-order valence-electron chi connectivity index (χ0n) is 17.6. The predicted molar refractivity (Wildman–Crippen MR) is 115 cm³/mol. The largest absolute Gasteiger partial charge is 0.322 e. The molecule has 0 aliphatic carbocycles. The normalized spacial score (nSPS) is 22.6. The molecule has 2 aromatic rings. The molecule has 2 atom stereocenters. The summed E-state index contributed by atoms with van der Waals surface area (Å²) in [6.45, 7) is 2.79. The van der Waals surface area contributed by atoms with Crippen LogP contribution < -0.4 is 10.6 Å². The molecule has 31 heavy (non-hydrogen) atoms. The van der Waals surface area contributed by atoms with E-state index in [1.807, 2.05) is 18.2 Å². The van der Waals surface area contributed by atoms with E-state index >= 15 is 0 Å². The highest BCUT2D eigenvalue weighted by Gasteiger charge is 2.40. The fraction of sp³-hybridized carbons (Fsp3) is 0.375. The van der Waals surface area contributed by atoms with Crippen molar-refractivity contribution in [3.05, 3.63) is 70.3 Å². The molecule has 3 heterocycles. The van der Waals surface area contributed by atoms with Gasteiger partial charge in [0.2, 0.25) is 11.8 Å². The summed E-state index contributed by atoms with van der Waals surface area (Å²) < 4.78 is 0. The topological polar surface area (TPSA) is 81.8 Å². The summed E-state index contributed by atoms with van der Waals surface area (Å²) >= 11 is 0. The van der Waals surface area contributed by atoms with Gasteiger partial charge in [-0.15, -0.1) is 0 Å². The Balaban J connectivity index is 1.31. The van der Waals surface area contributed by atoms with E-state index in [0.29, 0.717) is 25.1 Å². The van der Waals surface area contributed by atoms with Crippen LogP contribution in [0.1, 0.15) is 51.5 Å². The minimum absolute atomic E-state index is 0.113. The van der Waals surface area contributed by atoms with E-state index in [0.717, 1.165) is 24.2 Å². The second-order valence-corrected chi connectivity index (χ2v) is 8.68. The number of rotatable bonds is 5. The van der Waals surface area contributed by atoms with Gasteiger partial charge < -0.3 is 15.1 Å². The molecule has 3 amide bonds. The van der Waals surface area contributed by atoms with Gasteiger partial charge in [0.1, 0.15) is 6.04 Å². The Morgan fingerprint density at radius 3 is 2.71 bits per heavy atom. The van der Waals surface area contributed by atoms with Crippen molar-refractivity contribution in [2.45, 2.75) is 44.6 Å². The Labute approximate surface area is 181 Å². The van der Waals surface area contributed by atoms with E-state index in [4.69, 9.17) is 0 Å². The zero-order chi connectivity index (χ0) is 21.5. The van der Waals surface area contributed by atoms with Gasteiger partial charge in [-0.1, -0.05) is 42.5 Å². The number of carbonyl (C=O) groups excluding carboxylic acids is 3. The van der Waals surface area contributed by atoms with Crippen molar-refractivity contribution in [2.75, 3.05) is 13.6 Å². The number of carbonyl (C=O) groups is 3. The molecule has 0 spiro atoms. The third kappa shape index (κ3) is 3.64. The fourth-order valence-electron chi connectivity index (χ4n) is 5.03. The number of fused-ring (bicyclic) bond motifs is 2. The lowest BCUT2D eigenvalue weighted by molar-refractivity contribution is -0.136. The van der Waals surface area contributed by atoms with Crippen molar-refractivity contribution >= 4 is 17.7 Å². The van der Waals surface area contributed by atoms with Crippen molar-refractivity contribution < 1.29 is 14.4 Å². The Morgan fingerprint density at radius 2 is 1.87 bits per heavy atom. The zero-order valence-corrected chi connectivity index (χ0v) is 17.6. The number of amides is 3. The fourth-order valence-corrected chi connectivity index (χ4v) is 5.03. The molecule has 0 aromatic heterocycles. The lowest BCUT2D eigenvalue weighted by Gasteiger charge is -2.29. The second-order valence-electron chi connectivity index (χ2n) is 8.68. The van der Waals surface area contributed by atoms with E-state index in [1.165, 1.54) is 11.1 Å². The Morgan fingerprint density at radius 1 is 1.06 bits per heavy atom. The smallest absolute Gasteiger partial charge is 0.255 e. The minimum atomic E-state index is -0.581. The first-order valence-corrected chi connectivity index (χ1v) is 10.8. The number of hydrogen-bond donors (Lipinski definition) is 2. The molecule has 0 radical (unpaired) electrons. The van der Waals surface area contributed by atoms with E-state index in [-0.39, 0.29) is 30.2 Å². The standard InChI is InChI=1S/C24H26N4O3/c1-27(14-19-18-8-3-2-5-15(18)11-25-19)12-16-6-4-7-17-13-28(24(31)22(16)17)20-9-10-21(29)26-23(20)30/h2-8,19-20,25H,9-14H2,1H3,(H,26,29,30). The van der Waals surface area contributed by atoms with Crippen molar-refractivity contribution in [1.82, 2.24) is 20.4 Å². The Hall–Kier alpha value is -3.03. The van der Waals surface area contributed by atoms with Crippen molar-refractivity contribution in [3.63, 3.8) is 0 Å². The molecule has 160 valence electrons. The third-order valence-corrected chi connectivity index (χ3v) is 6.54. The maximum Gasteiger partial charge on any atom is 0.255 e. The Bertz CT molecular complexity index is 1070. The monoisotopic (exact) mass is 418 g/mol. The number of nitrogens with zero attached hydrogens (tertiary/aromatic N) is 2. The van der Waals surface area contributed by atoms with Gasteiger partial charge in [0.05, 0.1) is 0 Å².